The summed E-state index contributed by atoms with van der Waals surface area (Å²) in [7, 11) is -3.39. The van der Waals surface area contributed by atoms with Gasteiger partial charge < -0.3 is 5.73 Å². The SMILES string of the molecule is Cc1ccc(S(=O)(=O)Cc2ccc(Cl)cc2N)cc1. The van der Waals surface area contributed by atoms with Gasteiger partial charge in [-0.2, -0.15) is 0 Å². The number of sulfone groups is 1. The van der Waals surface area contributed by atoms with Crippen molar-refractivity contribution in [2.24, 2.45) is 0 Å². The highest BCUT2D eigenvalue weighted by molar-refractivity contribution is 7.90. The first-order valence-corrected chi connectivity index (χ1v) is 7.75. The third-order valence-electron chi connectivity index (χ3n) is 2.83. The second-order valence-electron chi connectivity index (χ2n) is 4.42. The minimum atomic E-state index is -3.39. The molecule has 0 bridgehead atoms. The van der Waals surface area contributed by atoms with Crippen LogP contribution >= 0.6 is 11.6 Å². The zero-order chi connectivity index (χ0) is 14.0. The van der Waals surface area contributed by atoms with Crippen molar-refractivity contribution >= 4 is 27.1 Å². The summed E-state index contributed by atoms with van der Waals surface area (Å²) in [5, 5.41) is 0.494. The van der Waals surface area contributed by atoms with Crippen molar-refractivity contribution in [2.75, 3.05) is 5.73 Å². The van der Waals surface area contributed by atoms with E-state index in [-0.39, 0.29) is 5.75 Å². The van der Waals surface area contributed by atoms with Crippen molar-refractivity contribution in [2.45, 2.75) is 17.6 Å². The van der Waals surface area contributed by atoms with Gasteiger partial charge in [0.15, 0.2) is 9.84 Å². The molecule has 0 unspecified atom stereocenters. The number of benzene rings is 2. The number of halogens is 1. The van der Waals surface area contributed by atoms with Crippen molar-refractivity contribution in [3.05, 3.63) is 58.6 Å². The first-order chi connectivity index (χ1) is 8.88. The van der Waals surface area contributed by atoms with Gasteiger partial charge in [-0.1, -0.05) is 35.4 Å². The van der Waals surface area contributed by atoms with Crippen LogP contribution in [0.25, 0.3) is 0 Å². The van der Waals surface area contributed by atoms with Crippen LogP contribution < -0.4 is 5.73 Å². The molecule has 3 nitrogen and oxygen atoms in total. The average molecular weight is 296 g/mol. The molecule has 0 spiro atoms. The van der Waals surface area contributed by atoms with Crippen LogP contribution in [0.1, 0.15) is 11.1 Å². The minimum Gasteiger partial charge on any atom is -0.398 e. The highest BCUT2D eigenvalue weighted by Crippen LogP contribution is 2.23. The van der Waals surface area contributed by atoms with Crippen LogP contribution in [0.3, 0.4) is 0 Å². The Morgan fingerprint density at radius 2 is 1.74 bits per heavy atom. The molecule has 0 aliphatic heterocycles. The summed E-state index contributed by atoms with van der Waals surface area (Å²) < 4.78 is 24.5. The number of anilines is 1. The van der Waals surface area contributed by atoms with E-state index in [2.05, 4.69) is 0 Å². The van der Waals surface area contributed by atoms with Gasteiger partial charge in [0.05, 0.1) is 10.6 Å². The molecular weight excluding hydrogens is 282 g/mol. The smallest absolute Gasteiger partial charge is 0.182 e. The fraction of sp³-hybridized carbons (Fsp3) is 0.143. The van der Waals surface area contributed by atoms with Gasteiger partial charge in [0, 0.05) is 10.7 Å². The Morgan fingerprint density at radius 3 is 2.32 bits per heavy atom. The van der Waals surface area contributed by atoms with Crippen LogP contribution in [0.4, 0.5) is 5.69 Å². The molecule has 2 rings (SSSR count). The van der Waals surface area contributed by atoms with Gasteiger partial charge in [0.2, 0.25) is 0 Å². The molecule has 100 valence electrons. The van der Waals surface area contributed by atoms with Gasteiger partial charge in [-0.15, -0.1) is 0 Å². The second kappa shape index (κ2) is 5.23. The Balaban J connectivity index is 2.33. The number of hydrogen-bond donors (Lipinski definition) is 1. The maximum atomic E-state index is 12.3. The maximum Gasteiger partial charge on any atom is 0.182 e. The van der Waals surface area contributed by atoms with Gasteiger partial charge in [-0.25, -0.2) is 8.42 Å². The Kier molecular flexibility index (Phi) is 3.83. The van der Waals surface area contributed by atoms with Gasteiger partial charge in [-0.3, -0.25) is 0 Å². The standard InChI is InChI=1S/C14H14ClNO2S/c1-10-2-6-13(7-3-10)19(17,18)9-11-4-5-12(15)8-14(11)16/h2-8H,9,16H2,1H3. The van der Waals surface area contributed by atoms with Crippen LogP contribution in [0.15, 0.2) is 47.4 Å². The van der Waals surface area contributed by atoms with Crippen molar-refractivity contribution < 1.29 is 8.42 Å². The summed E-state index contributed by atoms with van der Waals surface area (Å²) in [6.45, 7) is 1.91. The van der Waals surface area contributed by atoms with Gasteiger partial charge in [0.1, 0.15) is 0 Å². The lowest BCUT2D eigenvalue weighted by atomic mass is 10.2. The molecule has 5 heteroatoms. The molecule has 0 radical (unpaired) electrons. The third kappa shape index (κ3) is 3.28. The van der Waals surface area contributed by atoms with Gasteiger partial charge in [-0.05, 0) is 36.8 Å². The first-order valence-electron chi connectivity index (χ1n) is 5.72. The molecule has 0 aliphatic carbocycles. The van der Waals surface area contributed by atoms with Crippen LogP contribution in [0.2, 0.25) is 5.02 Å². The minimum absolute atomic E-state index is 0.126. The van der Waals surface area contributed by atoms with Crippen molar-refractivity contribution in [3.8, 4) is 0 Å². The van der Waals surface area contributed by atoms with E-state index in [0.29, 0.717) is 21.2 Å². The van der Waals surface area contributed by atoms with E-state index in [9.17, 15) is 8.42 Å². The molecule has 2 aromatic carbocycles. The summed E-state index contributed by atoms with van der Waals surface area (Å²) in [4.78, 5) is 0.299. The first kappa shape index (κ1) is 13.9. The number of hydrogen-bond acceptors (Lipinski definition) is 3. The molecule has 0 atom stereocenters. The molecule has 2 N–H and O–H groups in total. The van der Waals surface area contributed by atoms with Gasteiger partial charge in [0.25, 0.3) is 0 Å². The number of rotatable bonds is 3. The molecule has 0 aliphatic rings. The lowest BCUT2D eigenvalue weighted by molar-refractivity contribution is 0.595. The molecule has 0 amide bonds. The van der Waals surface area contributed by atoms with E-state index in [1.807, 2.05) is 6.92 Å². The number of nitrogen functional groups attached to an aromatic ring is 1. The normalized spacial score (nSPS) is 11.5. The number of nitrogens with two attached hydrogens (primary N) is 1. The number of aryl methyl sites for hydroxylation is 1. The van der Waals surface area contributed by atoms with Crippen LogP contribution in [0, 0.1) is 6.92 Å². The molecule has 0 aromatic heterocycles. The second-order valence-corrected chi connectivity index (χ2v) is 6.84. The van der Waals surface area contributed by atoms with E-state index in [1.54, 1.807) is 42.5 Å². The lowest BCUT2D eigenvalue weighted by Crippen LogP contribution is -2.07. The Bertz CT molecular complexity index is 694. The lowest BCUT2D eigenvalue weighted by Gasteiger charge is -2.08. The summed E-state index contributed by atoms with van der Waals surface area (Å²) in [6.07, 6.45) is 0. The average Bonchev–Trinajstić information content (AvgIpc) is 2.33. The van der Waals surface area contributed by atoms with E-state index in [1.165, 1.54) is 0 Å². The molecule has 0 saturated carbocycles. The molecule has 0 fully saturated rings. The molecule has 0 saturated heterocycles. The fourth-order valence-electron chi connectivity index (χ4n) is 1.73. The van der Waals surface area contributed by atoms with E-state index in [0.717, 1.165) is 5.56 Å². The van der Waals surface area contributed by atoms with E-state index in [4.69, 9.17) is 17.3 Å². The molecule has 0 heterocycles. The fourth-order valence-corrected chi connectivity index (χ4v) is 3.30. The predicted octanol–water partition coefficient (Wildman–Crippen LogP) is 3.20. The maximum absolute atomic E-state index is 12.3. The zero-order valence-electron chi connectivity index (χ0n) is 10.4. The Labute approximate surface area is 117 Å². The molecule has 2 aromatic rings. The van der Waals surface area contributed by atoms with E-state index < -0.39 is 9.84 Å². The summed E-state index contributed by atoms with van der Waals surface area (Å²) >= 11 is 5.79. The highest BCUT2D eigenvalue weighted by Gasteiger charge is 2.16. The quantitative estimate of drug-likeness (QED) is 0.885. The molecule has 19 heavy (non-hydrogen) atoms. The van der Waals surface area contributed by atoms with Crippen LogP contribution in [0.5, 0.6) is 0 Å². The zero-order valence-corrected chi connectivity index (χ0v) is 12.0. The topological polar surface area (TPSA) is 60.2 Å². The summed E-state index contributed by atoms with van der Waals surface area (Å²) in [5.74, 6) is -0.126. The molecular formula is C14H14ClNO2S. The summed E-state index contributed by atoms with van der Waals surface area (Å²) in [6, 6.07) is 11.6. The Hall–Kier alpha value is -1.52. The Morgan fingerprint density at radius 1 is 1.11 bits per heavy atom. The third-order valence-corrected chi connectivity index (χ3v) is 4.75. The predicted molar refractivity (Wildman–Crippen MR) is 77.9 cm³/mol. The monoisotopic (exact) mass is 295 g/mol. The van der Waals surface area contributed by atoms with Crippen molar-refractivity contribution in [1.82, 2.24) is 0 Å². The summed E-state index contributed by atoms with van der Waals surface area (Å²) in [5.41, 5.74) is 7.75. The van der Waals surface area contributed by atoms with Crippen molar-refractivity contribution in [1.29, 1.82) is 0 Å². The highest BCUT2D eigenvalue weighted by atomic mass is 35.5. The largest absolute Gasteiger partial charge is 0.398 e. The van der Waals surface area contributed by atoms with E-state index >= 15 is 0 Å². The van der Waals surface area contributed by atoms with Crippen LogP contribution in [-0.4, -0.2) is 8.42 Å². The van der Waals surface area contributed by atoms with Crippen molar-refractivity contribution in [3.63, 3.8) is 0 Å². The van der Waals surface area contributed by atoms with Crippen LogP contribution in [-0.2, 0) is 15.6 Å². The van der Waals surface area contributed by atoms with Gasteiger partial charge >= 0.3 is 0 Å².